The Morgan fingerprint density at radius 1 is 1.02 bits per heavy atom. The number of benzene rings is 2. The van der Waals surface area contributed by atoms with Crippen LogP contribution in [0.2, 0.25) is 0 Å². The third kappa shape index (κ3) is 6.99. The highest BCUT2D eigenvalue weighted by molar-refractivity contribution is 5.97. The number of hydrogen-bond donors (Lipinski definition) is 6. The summed E-state index contributed by atoms with van der Waals surface area (Å²) in [6.45, 7) is 3.35. The summed E-state index contributed by atoms with van der Waals surface area (Å²) in [5.41, 5.74) is 2.08. The van der Waals surface area contributed by atoms with Crippen molar-refractivity contribution in [2.75, 3.05) is 6.79 Å². The van der Waals surface area contributed by atoms with Crippen LogP contribution in [0.4, 0.5) is 0 Å². The molecule has 0 spiro atoms. The van der Waals surface area contributed by atoms with Gasteiger partial charge in [-0.15, -0.1) is 0 Å². The molecule has 2 heterocycles. The second-order valence-corrected chi connectivity index (χ2v) is 10.8. The van der Waals surface area contributed by atoms with Crippen molar-refractivity contribution >= 4 is 17.7 Å². The minimum Gasteiger partial charge on any atom is -0.504 e. The van der Waals surface area contributed by atoms with Gasteiger partial charge < -0.3 is 54.6 Å². The van der Waals surface area contributed by atoms with E-state index in [1.807, 2.05) is 30.3 Å². The topological polar surface area (TPSA) is 189 Å². The summed E-state index contributed by atoms with van der Waals surface area (Å²) in [5.74, 6) is -0.704. The highest BCUT2D eigenvalue weighted by Crippen LogP contribution is 2.33. The van der Waals surface area contributed by atoms with Crippen LogP contribution in [0, 0.1) is 0 Å². The molecule has 5 rings (SSSR count). The monoisotopic (exact) mass is 600 g/mol. The van der Waals surface area contributed by atoms with Crippen LogP contribution in [0.5, 0.6) is 11.5 Å². The number of nitrogens with zero attached hydrogens (tertiary/aromatic N) is 1. The Morgan fingerprint density at radius 2 is 1.74 bits per heavy atom. The lowest BCUT2D eigenvalue weighted by molar-refractivity contribution is -0.155. The molecule has 43 heavy (non-hydrogen) atoms. The summed E-state index contributed by atoms with van der Waals surface area (Å²) in [6, 6.07) is 12.8. The molecule has 1 saturated carbocycles. The molecule has 13 heteroatoms. The quantitative estimate of drug-likeness (QED) is 0.134. The largest absolute Gasteiger partial charge is 0.504 e. The van der Waals surface area contributed by atoms with Crippen LogP contribution in [0.15, 0.2) is 59.3 Å². The number of nitrogens with one attached hydrogen (secondary N) is 1. The van der Waals surface area contributed by atoms with E-state index in [2.05, 4.69) is 10.5 Å². The minimum absolute atomic E-state index is 0.114. The predicted molar refractivity (Wildman–Crippen MR) is 151 cm³/mol. The van der Waals surface area contributed by atoms with Crippen LogP contribution >= 0.6 is 0 Å². The van der Waals surface area contributed by atoms with Crippen molar-refractivity contribution in [1.29, 1.82) is 0 Å². The lowest BCUT2D eigenvalue weighted by Gasteiger charge is -2.41. The Morgan fingerprint density at radius 3 is 2.47 bits per heavy atom. The summed E-state index contributed by atoms with van der Waals surface area (Å²) in [5, 5.41) is 59.0. The highest BCUT2D eigenvalue weighted by Gasteiger charge is 2.53. The molecular weight excluding hydrogens is 564 g/mol. The van der Waals surface area contributed by atoms with Gasteiger partial charge in [0.1, 0.15) is 50.0 Å². The number of carbonyl (C=O) groups excluding carboxylic acids is 1. The van der Waals surface area contributed by atoms with E-state index in [1.165, 1.54) is 25.1 Å². The molecule has 13 nitrogen and oxygen atoms in total. The molecule has 1 aliphatic carbocycles. The summed E-state index contributed by atoms with van der Waals surface area (Å²) in [7, 11) is 0. The molecule has 2 aromatic carbocycles. The number of hydrogen-bond acceptors (Lipinski definition) is 12. The normalized spacial score (nSPS) is 32.7. The Hall–Kier alpha value is -3.56. The molecular formula is C30H36N2O11. The smallest absolute Gasteiger partial charge is 0.247 e. The van der Waals surface area contributed by atoms with Gasteiger partial charge in [-0.2, -0.15) is 0 Å². The summed E-state index contributed by atoms with van der Waals surface area (Å²) in [6.07, 6.45) is -6.73. The van der Waals surface area contributed by atoms with Crippen molar-refractivity contribution in [3.05, 3.63) is 65.2 Å². The number of ether oxygens (including phenoxy) is 4. The number of rotatable bonds is 9. The van der Waals surface area contributed by atoms with Gasteiger partial charge in [0.05, 0.1) is 17.9 Å². The van der Waals surface area contributed by atoms with Crippen molar-refractivity contribution in [1.82, 2.24) is 5.32 Å². The first-order valence-corrected chi connectivity index (χ1v) is 13.9. The van der Waals surface area contributed by atoms with E-state index in [-0.39, 0.29) is 36.9 Å². The standard InChI is InChI=1S/C30H36N2O11/c1-15(30(38)31-23-24(35)26(37)29-28(25(23)36)39-14-40-29)10-18-8-9-21(19(33)11-18)42-22-12-20(34)27(43-22)16(2)32-41-13-17-6-4-3-5-7-17/h3-11,20,22-29,33-37H,12-14H2,1-2H3,(H,31,38)/b15-10+,32-16-/t20-,22+,23+,24-,25+,26+,27+,28-,29+/m0/s1. The number of aromatic hydroxyl groups is 1. The number of oxime groups is 1. The van der Waals surface area contributed by atoms with E-state index < -0.39 is 61.0 Å². The third-order valence-electron chi connectivity index (χ3n) is 7.66. The SMILES string of the molecule is C/C(=N/OCc1ccccc1)[C@H]1O[C@@H](Oc2ccc(/C=C(\C)C(=O)N[C@@H]3[C@H](O)[C@@H](O)[C@H]4OCO[C@H]4[C@@H]3O)cc2O)C[C@@H]1O. The summed E-state index contributed by atoms with van der Waals surface area (Å²) < 4.78 is 22.1. The van der Waals surface area contributed by atoms with E-state index in [4.69, 9.17) is 23.8 Å². The van der Waals surface area contributed by atoms with Gasteiger partial charge >= 0.3 is 0 Å². The Kier molecular flexibility index (Phi) is 9.62. The average molecular weight is 601 g/mol. The number of carbonyl (C=O) groups is 1. The molecule has 0 radical (unpaired) electrons. The summed E-state index contributed by atoms with van der Waals surface area (Å²) in [4.78, 5) is 18.2. The number of fused-ring (bicyclic) bond motifs is 1. The van der Waals surface area contributed by atoms with Gasteiger partial charge in [0, 0.05) is 12.0 Å². The van der Waals surface area contributed by atoms with E-state index in [0.717, 1.165) is 5.56 Å². The van der Waals surface area contributed by atoms with Crippen LogP contribution in [-0.4, -0.2) is 99.0 Å². The van der Waals surface area contributed by atoms with Gasteiger partial charge in [0.25, 0.3) is 0 Å². The molecule has 0 bridgehead atoms. The van der Waals surface area contributed by atoms with Crippen molar-refractivity contribution in [3.63, 3.8) is 0 Å². The fourth-order valence-corrected chi connectivity index (χ4v) is 5.32. The van der Waals surface area contributed by atoms with E-state index in [0.29, 0.717) is 11.3 Å². The first kappa shape index (κ1) is 30.9. The van der Waals surface area contributed by atoms with Gasteiger partial charge in [-0.05, 0) is 43.2 Å². The van der Waals surface area contributed by atoms with E-state index in [1.54, 1.807) is 13.0 Å². The second-order valence-electron chi connectivity index (χ2n) is 10.8. The minimum atomic E-state index is -1.47. The van der Waals surface area contributed by atoms with Crippen molar-refractivity contribution < 1.29 is 54.1 Å². The van der Waals surface area contributed by atoms with E-state index >= 15 is 0 Å². The first-order valence-electron chi connectivity index (χ1n) is 13.9. The molecule has 9 atom stereocenters. The molecule has 232 valence electrons. The zero-order valence-electron chi connectivity index (χ0n) is 23.6. The van der Waals surface area contributed by atoms with Crippen molar-refractivity contribution in [2.45, 2.75) is 81.9 Å². The first-order chi connectivity index (χ1) is 20.6. The highest BCUT2D eigenvalue weighted by atomic mass is 16.7. The lowest BCUT2D eigenvalue weighted by atomic mass is 9.83. The average Bonchev–Trinajstić information content (AvgIpc) is 3.63. The van der Waals surface area contributed by atoms with Gasteiger partial charge in [-0.25, -0.2) is 0 Å². The fraction of sp³-hybridized carbons (Fsp3) is 0.467. The predicted octanol–water partition coefficient (Wildman–Crippen LogP) is 0.565. The maximum Gasteiger partial charge on any atom is 0.247 e. The number of amides is 1. The van der Waals surface area contributed by atoms with Gasteiger partial charge in [0.15, 0.2) is 11.5 Å². The van der Waals surface area contributed by atoms with Gasteiger partial charge in [-0.1, -0.05) is 41.6 Å². The Labute approximate surface area is 247 Å². The Bertz CT molecular complexity index is 1340. The maximum absolute atomic E-state index is 12.8. The number of aliphatic hydroxyl groups is 4. The number of aliphatic hydroxyl groups excluding tert-OH is 4. The Balaban J connectivity index is 1.16. The second kappa shape index (κ2) is 13.4. The molecule has 2 saturated heterocycles. The fourth-order valence-electron chi connectivity index (χ4n) is 5.32. The lowest BCUT2D eigenvalue weighted by Crippen LogP contribution is -2.67. The maximum atomic E-state index is 12.8. The summed E-state index contributed by atoms with van der Waals surface area (Å²) >= 11 is 0. The van der Waals surface area contributed by atoms with Crippen LogP contribution in [0.3, 0.4) is 0 Å². The molecule has 2 aliphatic heterocycles. The van der Waals surface area contributed by atoms with Crippen molar-refractivity contribution in [3.8, 4) is 11.5 Å². The zero-order chi connectivity index (χ0) is 30.7. The van der Waals surface area contributed by atoms with Gasteiger partial charge in [0.2, 0.25) is 12.2 Å². The van der Waals surface area contributed by atoms with Crippen LogP contribution < -0.4 is 10.1 Å². The molecule has 0 unspecified atom stereocenters. The molecule has 2 aromatic rings. The van der Waals surface area contributed by atoms with Crippen molar-refractivity contribution in [2.24, 2.45) is 5.16 Å². The van der Waals surface area contributed by atoms with Crippen LogP contribution in [0.1, 0.15) is 31.4 Å². The zero-order valence-corrected chi connectivity index (χ0v) is 23.6. The molecule has 6 N–H and O–H groups in total. The number of phenols is 1. The van der Waals surface area contributed by atoms with Gasteiger partial charge in [-0.3, -0.25) is 4.79 Å². The molecule has 3 aliphatic rings. The number of phenolic OH excluding ortho intramolecular Hbond substituents is 1. The third-order valence-corrected chi connectivity index (χ3v) is 7.66. The molecule has 0 aromatic heterocycles. The molecule has 1 amide bonds. The van der Waals surface area contributed by atoms with Crippen LogP contribution in [0.25, 0.3) is 6.08 Å². The molecule has 3 fully saturated rings. The van der Waals surface area contributed by atoms with Crippen LogP contribution in [-0.2, 0) is 30.4 Å². The van der Waals surface area contributed by atoms with E-state index in [9.17, 15) is 30.3 Å².